The molecule has 148 valence electrons. The fourth-order valence-corrected chi connectivity index (χ4v) is 11.0. The number of hydrogen-bond donors (Lipinski definition) is 0. The molecule has 9 heteroatoms. The highest BCUT2D eigenvalue weighted by Crippen LogP contribution is 2.36. The molecule has 0 atom stereocenters. The van der Waals surface area contributed by atoms with Gasteiger partial charge in [0.25, 0.3) is 6.69 Å². The number of esters is 1. The van der Waals surface area contributed by atoms with Crippen LogP contribution in [0.15, 0.2) is 12.2 Å². The summed E-state index contributed by atoms with van der Waals surface area (Å²) in [6.07, 6.45) is 8.99. The summed E-state index contributed by atoms with van der Waals surface area (Å²) < 4.78 is 5.05. The first-order chi connectivity index (χ1) is 11.5. The van der Waals surface area contributed by atoms with Crippen LogP contribution in [0.4, 0.5) is 0 Å². The number of ether oxygens (including phenoxy) is 1. The Kier molecular flexibility index (Phi) is 14.8. The smallest absolute Gasteiger partial charge is 0.341 e. The van der Waals surface area contributed by atoms with Crippen molar-refractivity contribution in [1.82, 2.24) is 0 Å². The predicted octanol–water partition coefficient (Wildman–Crippen LogP) is 7.80. The minimum Gasteiger partial charge on any atom is -0.462 e. The van der Waals surface area contributed by atoms with Gasteiger partial charge in [0.05, 0.1) is 6.61 Å². The van der Waals surface area contributed by atoms with Gasteiger partial charge in [-0.05, 0) is 31.5 Å². The molecule has 0 aromatic carbocycles. The van der Waals surface area contributed by atoms with Gasteiger partial charge in [0.2, 0.25) is 0 Å². The second-order valence-electron chi connectivity index (χ2n) is 6.47. The summed E-state index contributed by atoms with van der Waals surface area (Å²) in [7, 11) is 0. The summed E-state index contributed by atoms with van der Waals surface area (Å²) in [5.74, 6) is -0.297. The van der Waals surface area contributed by atoms with E-state index >= 15 is 0 Å². The summed E-state index contributed by atoms with van der Waals surface area (Å²) in [5, 5.41) is 0. The Morgan fingerprint density at radius 1 is 0.800 bits per heavy atom. The van der Waals surface area contributed by atoms with E-state index in [2.05, 4.69) is 6.58 Å². The average molecular weight is 487 g/mol. The van der Waals surface area contributed by atoms with Gasteiger partial charge in [0.15, 0.2) is 0 Å². The Hall–Kier alpha value is 1.09. The van der Waals surface area contributed by atoms with Crippen molar-refractivity contribution in [3.05, 3.63) is 12.2 Å². The second-order valence-corrected chi connectivity index (χ2v) is 23.4. The van der Waals surface area contributed by atoms with Crippen molar-refractivity contribution >= 4 is 74.1 Å². The van der Waals surface area contributed by atoms with E-state index in [0.29, 0.717) is 24.3 Å². The zero-order valence-corrected chi connectivity index (χ0v) is 20.7. The van der Waals surface area contributed by atoms with Crippen molar-refractivity contribution in [2.24, 2.45) is 0 Å². The van der Waals surface area contributed by atoms with Gasteiger partial charge in [-0.25, -0.2) is 4.79 Å². The van der Waals surface area contributed by atoms with E-state index in [1.165, 1.54) is 25.7 Å². The first-order valence-electron chi connectivity index (χ1n) is 8.81. The first-order valence-corrected chi connectivity index (χ1v) is 18.5. The maximum absolute atomic E-state index is 11.2. The maximum atomic E-state index is 11.2. The van der Waals surface area contributed by atoms with E-state index in [0.717, 1.165) is 31.7 Å². The van der Waals surface area contributed by atoms with Crippen molar-refractivity contribution in [1.29, 1.82) is 0 Å². The van der Waals surface area contributed by atoms with Gasteiger partial charge in [0.1, 0.15) is 0 Å². The van der Waals surface area contributed by atoms with Crippen LogP contribution < -0.4 is 0 Å². The predicted molar refractivity (Wildman–Crippen MR) is 118 cm³/mol. The molecule has 0 radical (unpaired) electrons. The summed E-state index contributed by atoms with van der Waals surface area (Å²) >= 11 is 30.4. The van der Waals surface area contributed by atoms with Crippen molar-refractivity contribution in [3.63, 3.8) is 0 Å². The summed E-state index contributed by atoms with van der Waals surface area (Å²) in [5.41, 5.74) is 0.454. The molecule has 0 heterocycles. The van der Waals surface area contributed by atoms with E-state index in [1.54, 1.807) is 6.92 Å². The number of hydrogen-bond acceptors (Lipinski definition) is 2. The zero-order chi connectivity index (χ0) is 19.3. The zero-order valence-electron chi connectivity index (χ0n) is 14.9. The molecule has 0 saturated heterocycles. The largest absolute Gasteiger partial charge is 0.462 e. The van der Waals surface area contributed by atoms with Gasteiger partial charge in [-0.1, -0.05) is 51.5 Å². The minimum absolute atomic E-state index is 0.297. The van der Waals surface area contributed by atoms with Crippen LogP contribution in [-0.2, 0) is 9.53 Å². The fourth-order valence-electron chi connectivity index (χ4n) is 2.28. The molecule has 0 bridgehead atoms. The van der Waals surface area contributed by atoms with Crippen LogP contribution >= 0.6 is 55.4 Å². The Bertz CT molecular complexity index is 400. The lowest BCUT2D eigenvalue weighted by molar-refractivity contribution is -0.139. The van der Waals surface area contributed by atoms with Gasteiger partial charge in [-0.15, -0.1) is 55.4 Å². The highest BCUT2D eigenvalue weighted by molar-refractivity contribution is 7.65. The summed E-state index contributed by atoms with van der Waals surface area (Å²) in [6.45, 7) is 3.45. The molecule has 0 aromatic heterocycles. The molecular formula is C16H29Cl5O2Si2. The third-order valence-electron chi connectivity index (χ3n) is 3.79. The van der Waals surface area contributed by atoms with E-state index in [-0.39, 0.29) is 5.97 Å². The normalized spacial score (nSPS) is 12.2. The van der Waals surface area contributed by atoms with Gasteiger partial charge < -0.3 is 4.74 Å². The Balaban J connectivity index is 3.44. The molecule has 0 amide bonds. The molecule has 0 saturated carbocycles. The van der Waals surface area contributed by atoms with E-state index in [4.69, 9.17) is 60.1 Å². The lowest BCUT2D eigenvalue weighted by Crippen LogP contribution is -2.22. The van der Waals surface area contributed by atoms with Crippen molar-refractivity contribution < 1.29 is 9.53 Å². The average Bonchev–Trinajstić information content (AvgIpc) is 2.49. The van der Waals surface area contributed by atoms with Gasteiger partial charge >= 0.3 is 12.0 Å². The quantitative estimate of drug-likeness (QED) is 0.0776. The number of carbonyl (C=O) groups is 1. The second kappa shape index (κ2) is 14.1. The molecule has 0 unspecified atom stereocenters. The van der Waals surface area contributed by atoms with Crippen LogP contribution in [0.3, 0.4) is 0 Å². The van der Waals surface area contributed by atoms with Crippen molar-refractivity contribution in [2.75, 3.05) is 6.61 Å². The first kappa shape index (κ1) is 26.1. The van der Waals surface area contributed by atoms with Crippen LogP contribution in [0.25, 0.3) is 0 Å². The van der Waals surface area contributed by atoms with Crippen LogP contribution in [-0.4, -0.2) is 25.3 Å². The molecule has 0 spiro atoms. The molecular weight excluding hydrogens is 458 g/mol. The maximum Gasteiger partial charge on any atom is 0.341 e. The van der Waals surface area contributed by atoms with Crippen LogP contribution in [0.1, 0.15) is 58.3 Å². The minimum atomic E-state index is -2.61. The standard InChI is InChI=1S/C16H29Cl5O2Si2/c1-15(2)16(22)23-11-9-7-5-3-4-6-8-10-12-24(17,18)13-14-25(19,20)21/h1,3-14H2,2H3. The van der Waals surface area contributed by atoms with E-state index in [1.807, 2.05) is 0 Å². The third kappa shape index (κ3) is 18.2. The lowest BCUT2D eigenvalue weighted by Gasteiger charge is -2.18. The Morgan fingerprint density at radius 2 is 1.28 bits per heavy atom. The molecule has 0 fully saturated rings. The molecule has 0 aliphatic rings. The lowest BCUT2D eigenvalue weighted by atomic mass is 10.1. The van der Waals surface area contributed by atoms with Crippen LogP contribution in [0.2, 0.25) is 18.1 Å². The molecule has 0 rings (SSSR count). The molecule has 0 aromatic rings. The summed E-state index contributed by atoms with van der Waals surface area (Å²) in [4.78, 5) is 11.2. The Morgan fingerprint density at radius 3 is 1.76 bits per heavy atom. The molecule has 2 nitrogen and oxygen atoms in total. The molecule has 0 N–H and O–H groups in total. The third-order valence-corrected chi connectivity index (χ3v) is 11.1. The summed E-state index contributed by atoms with van der Waals surface area (Å²) in [6, 6.07) is -0.504. The topological polar surface area (TPSA) is 26.3 Å². The number of unbranched alkanes of at least 4 members (excludes halogenated alkanes) is 7. The number of halogens is 5. The highest BCUT2D eigenvalue weighted by Gasteiger charge is 2.34. The van der Waals surface area contributed by atoms with Crippen molar-refractivity contribution in [3.8, 4) is 0 Å². The highest BCUT2D eigenvalue weighted by atomic mass is 35.8. The molecule has 25 heavy (non-hydrogen) atoms. The number of carbonyl (C=O) groups excluding carboxylic acids is 1. The van der Waals surface area contributed by atoms with Crippen LogP contribution in [0.5, 0.6) is 0 Å². The SMILES string of the molecule is C=C(C)C(=O)OCCCCCCCCCC[Si](Cl)(Cl)CC[Si](Cl)(Cl)Cl. The Labute approximate surface area is 178 Å². The van der Waals surface area contributed by atoms with E-state index in [9.17, 15) is 4.79 Å². The van der Waals surface area contributed by atoms with Crippen LogP contribution in [0, 0.1) is 0 Å². The molecule has 0 aliphatic carbocycles. The fraction of sp³-hybridized carbons (Fsp3) is 0.812. The number of rotatable bonds is 15. The van der Waals surface area contributed by atoms with Gasteiger partial charge in [-0.2, -0.15) is 0 Å². The van der Waals surface area contributed by atoms with E-state index < -0.39 is 12.7 Å². The van der Waals surface area contributed by atoms with Crippen molar-refractivity contribution in [2.45, 2.75) is 76.4 Å². The monoisotopic (exact) mass is 484 g/mol. The molecule has 0 aliphatic heterocycles. The van der Waals surface area contributed by atoms with Gasteiger partial charge in [0, 0.05) is 5.57 Å². The van der Waals surface area contributed by atoms with Gasteiger partial charge in [-0.3, -0.25) is 0 Å².